The highest BCUT2D eigenvalue weighted by molar-refractivity contribution is 9.11. The van der Waals surface area contributed by atoms with Crippen LogP contribution in [0.2, 0.25) is 0 Å². The average molecular weight is 381 g/mol. The fourth-order valence-corrected chi connectivity index (χ4v) is 2.83. The molecule has 0 saturated carbocycles. The van der Waals surface area contributed by atoms with Gasteiger partial charge < -0.3 is 15.2 Å². The van der Waals surface area contributed by atoms with E-state index in [1.807, 2.05) is 6.92 Å². The molecule has 0 bridgehead atoms. The summed E-state index contributed by atoms with van der Waals surface area (Å²) in [4.78, 5) is 11.6. The topological polar surface area (TPSA) is 58.6 Å². The Morgan fingerprint density at radius 1 is 1.44 bits per heavy atom. The van der Waals surface area contributed by atoms with Gasteiger partial charge in [-0.15, -0.1) is 0 Å². The number of nitrogens with one attached hydrogen (secondary N) is 1. The molecule has 1 aromatic rings. The molecule has 1 aromatic carbocycles. The predicted molar refractivity (Wildman–Crippen MR) is 76.5 cm³/mol. The van der Waals surface area contributed by atoms with Crippen LogP contribution in [0.15, 0.2) is 21.1 Å². The van der Waals surface area contributed by atoms with Gasteiger partial charge in [0, 0.05) is 6.54 Å². The molecule has 0 aliphatic carbocycles. The van der Waals surface area contributed by atoms with Crippen molar-refractivity contribution in [1.29, 1.82) is 0 Å². The molecule has 2 N–H and O–H groups in total. The second-order valence-electron chi connectivity index (χ2n) is 3.70. The van der Waals surface area contributed by atoms with E-state index in [9.17, 15) is 4.79 Å². The van der Waals surface area contributed by atoms with Crippen LogP contribution in [0.5, 0.6) is 5.75 Å². The zero-order chi connectivity index (χ0) is 13.7. The Morgan fingerprint density at radius 3 is 2.44 bits per heavy atom. The normalized spacial score (nSPS) is 12.1. The van der Waals surface area contributed by atoms with Gasteiger partial charge in [-0.2, -0.15) is 0 Å². The Balaban J connectivity index is 2.88. The molecule has 1 unspecified atom stereocenters. The van der Waals surface area contributed by atoms with E-state index in [4.69, 9.17) is 9.84 Å². The summed E-state index contributed by atoms with van der Waals surface area (Å²) in [5.41, 5.74) is 0.756. The molecule has 0 aromatic heterocycles. The van der Waals surface area contributed by atoms with Gasteiger partial charge in [-0.1, -0.05) is 0 Å². The number of aliphatic hydroxyl groups is 1. The highest BCUT2D eigenvalue weighted by atomic mass is 79.9. The molecule has 0 saturated heterocycles. The van der Waals surface area contributed by atoms with Crippen LogP contribution in [0.25, 0.3) is 0 Å². The van der Waals surface area contributed by atoms with E-state index < -0.39 is 6.10 Å². The Morgan fingerprint density at radius 2 is 2.00 bits per heavy atom. The first kappa shape index (κ1) is 15.5. The van der Waals surface area contributed by atoms with Gasteiger partial charge in [0.25, 0.3) is 5.91 Å². The third kappa shape index (κ3) is 3.96. The number of rotatable bonds is 5. The summed E-state index contributed by atoms with van der Waals surface area (Å²) in [7, 11) is 0. The number of ether oxygens (including phenoxy) is 1. The smallest absolute Gasteiger partial charge is 0.260 e. The van der Waals surface area contributed by atoms with Gasteiger partial charge in [-0.3, -0.25) is 4.79 Å². The Hall–Kier alpha value is -0.590. The SMILES string of the molecule is CCNC(=O)C(C)Oc1c(Br)cc(CO)cc1Br. The Labute approximate surface area is 123 Å². The molecule has 0 fully saturated rings. The van der Waals surface area contributed by atoms with Gasteiger partial charge in [0.2, 0.25) is 0 Å². The second kappa shape index (κ2) is 7.11. The zero-order valence-corrected chi connectivity index (χ0v) is 13.3. The molecule has 0 aliphatic rings. The lowest BCUT2D eigenvalue weighted by molar-refractivity contribution is -0.127. The number of likely N-dealkylation sites (N-methyl/N-ethyl adjacent to an activating group) is 1. The van der Waals surface area contributed by atoms with Crippen molar-refractivity contribution in [3.05, 3.63) is 26.6 Å². The molecular weight excluding hydrogens is 366 g/mol. The number of carbonyl (C=O) groups is 1. The monoisotopic (exact) mass is 379 g/mol. The minimum absolute atomic E-state index is 0.0522. The van der Waals surface area contributed by atoms with Crippen molar-refractivity contribution in [2.24, 2.45) is 0 Å². The quantitative estimate of drug-likeness (QED) is 0.825. The van der Waals surface area contributed by atoms with E-state index in [0.717, 1.165) is 5.56 Å². The molecule has 1 atom stereocenters. The Bertz CT molecular complexity index is 414. The molecule has 4 nitrogen and oxygen atoms in total. The van der Waals surface area contributed by atoms with Crippen molar-refractivity contribution in [3.8, 4) is 5.75 Å². The van der Waals surface area contributed by atoms with Gasteiger partial charge in [-0.05, 0) is 63.4 Å². The zero-order valence-electron chi connectivity index (χ0n) is 10.2. The first-order valence-electron chi connectivity index (χ1n) is 5.52. The maximum Gasteiger partial charge on any atom is 0.260 e. The van der Waals surface area contributed by atoms with Crippen LogP contribution in [0, 0.1) is 0 Å². The molecule has 6 heteroatoms. The summed E-state index contributed by atoms with van der Waals surface area (Å²) in [6, 6.07) is 3.51. The average Bonchev–Trinajstić information content (AvgIpc) is 2.33. The van der Waals surface area contributed by atoms with Gasteiger partial charge in [0.05, 0.1) is 15.6 Å². The van der Waals surface area contributed by atoms with Crippen molar-refractivity contribution >= 4 is 37.8 Å². The van der Waals surface area contributed by atoms with Crippen LogP contribution in [0.4, 0.5) is 0 Å². The van der Waals surface area contributed by atoms with Crippen LogP contribution in [-0.4, -0.2) is 23.7 Å². The van der Waals surface area contributed by atoms with Crippen LogP contribution >= 0.6 is 31.9 Å². The maximum atomic E-state index is 11.6. The third-order valence-corrected chi connectivity index (χ3v) is 3.43. The number of halogens is 2. The van der Waals surface area contributed by atoms with E-state index >= 15 is 0 Å². The minimum Gasteiger partial charge on any atom is -0.479 e. The molecular formula is C12H15Br2NO3. The number of aliphatic hydroxyl groups excluding tert-OH is 1. The molecule has 18 heavy (non-hydrogen) atoms. The van der Waals surface area contributed by atoms with E-state index in [-0.39, 0.29) is 12.5 Å². The number of carbonyl (C=O) groups excluding carboxylic acids is 1. The lowest BCUT2D eigenvalue weighted by Crippen LogP contribution is -2.36. The van der Waals surface area contributed by atoms with Gasteiger partial charge >= 0.3 is 0 Å². The van der Waals surface area contributed by atoms with E-state index in [0.29, 0.717) is 21.2 Å². The van der Waals surface area contributed by atoms with Crippen LogP contribution < -0.4 is 10.1 Å². The van der Waals surface area contributed by atoms with Crippen molar-refractivity contribution in [2.45, 2.75) is 26.6 Å². The first-order chi connectivity index (χ1) is 8.49. The summed E-state index contributed by atoms with van der Waals surface area (Å²) in [6.07, 6.45) is -0.586. The lowest BCUT2D eigenvalue weighted by atomic mass is 10.2. The highest BCUT2D eigenvalue weighted by Gasteiger charge is 2.17. The first-order valence-corrected chi connectivity index (χ1v) is 7.11. The molecule has 1 rings (SSSR count). The summed E-state index contributed by atoms with van der Waals surface area (Å²) in [5.74, 6) is 0.383. The number of amides is 1. The molecule has 1 amide bonds. The molecule has 100 valence electrons. The van der Waals surface area contributed by atoms with Crippen LogP contribution in [-0.2, 0) is 11.4 Å². The van der Waals surface area contributed by atoms with E-state index in [1.165, 1.54) is 0 Å². The standard InChI is InChI=1S/C12H15Br2NO3/c1-3-15-12(17)7(2)18-11-9(13)4-8(6-16)5-10(11)14/h4-5,7,16H,3,6H2,1-2H3,(H,15,17). The molecule has 0 aliphatic heterocycles. The van der Waals surface area contributed by atoms with Crippen LogP contribution in [0.1, 0.15) is 19.4 Å². The predicted octanol–water partition coefficient (Wildman–Crippen LogP) is 2.61. The Kier molecular flexibility index (Phi) is 6.11. The third-order valence-electron chi connectivity index (χ3n) is 2.26. The van der Waals surface area contributed by atoms with Crippen LogP contribution in [0.3, 0.4) is 0 Å². The highest BCUT2D eigenvalue weighted by Crippen LogP contribution is 2.35. The van der Waals surface area contributed by atoms with Crippen molar-refractivity contribution in [2.75, 3.05) is 6.54 Å². The number of hydrogen-bond donors (Lipinski definition) is 2. The molecule has 0 radical (unpaired) electrons. The summed E-state index contributed by atoms with van der Waals surface area (Å²) < 4.78 is 6.99. The minimum atomic E-state index is -0.586. The van der Waals surface area contributed by atoms with Gasteiger partial charge in [0.1, 0.15) is 5.75 Å². The molecule has 0 heterocycles. The van der Waals surface area contributed by atoms with Crippen molar-refractivity contribution in [3.63, 3.8) is 0 Å². The fraction of sp³-hybridized carbons (Fsp3) is 0.417. The van der Waals surface area contributed by atoms with E-state index in [2.05, 4.69) is 37.2 Å². The lowest BCUT2D eigenvalue weighted by Gasteiger charge is -2.17. The number of hydrogen-bond acceptors (Lipinski definition) is 3. The maximum absolute atomic E-state index is 11.6. The second-order valence-corrected chi connectivity index (χ2v) is 5.41. The number of benzene rings is 1. The summed E-state index contributed by atoms with van der Waals surface area (Å²) in [5, 5.41) is 11.8. The largest absolute Gasteiger partial charge is 0.479 e. The van der Waals surface area contributed by atoms with E-state index in [1.54, 1.807) is 19.1 Å². The van der Waals surface area contributed by atoms with Crippen molar-refractivity contribution in [1.82, 2.24) is 5.32 Å². The fourth-order valence-electron chi connectivity index (χ4n) is 1.36. The summed E-state index contributed by atoms with van der Waals surface area (Å²) in [6.45, 7) is 4.05. The van der Waals surface area contributed by atoms with Crippen molar-refractivity contribution < 1.29 is 14.6 Å². The van der Waals surface area contributed by atoms with Gasteiger partial charge in [0.15, 0.2) is 6.10 Å². The summed E-state index contributed by atoms with van der Waals surface area (Å²) >= 11 is 6.72. The molecule has 0 spiro atoms. The van der Waals surface area contributed by atoms with Gasteiger partial charge in [-0.25, -0.2) is 0 Å².